The van der Waals surface area contributed by atoms with Gasteiger partial charge in [-0.05, 0) is 52.9 Å². The van der Waals surface area contributed by atoms with E-state index >= 15 is 0 Å². The fraction of sp³-hybridized carbons (Fsp3) is 0.385. The van der Waals surface area contributed by atoms with Gasteiger partial charge in [0.15, 0.2) is 0 Å². The van der Waals surface area contributed by atoms with Gasteiger partial charge in [0.2, 0.25) is 5.91 Å². The zero-order valence-corrected chi connectivity index (χ0v) is 11.4. The van der Waals surface area contributed by atoms with E-state index in [1.165, 1.54) is 18.2 Å². The average Bonchev–Trinajstić information content (AvgIpc) is 2.28. The second kappa shape index (κ2) is 4.69. The van der Waals surface area contributed by atoms with Gasteiger partial charge in [-0.1, -0.05) is 6.92 Å². The summed E-state index contributed by atoms with van der Waals surface area (Å²) in [5.41, 5.74) is -0.441. The van der Waals surface area contributed by atoms with Crippen LogP contribution in [0.1, 0.15) is 19.8 Å². The van der Waals surface area contributed by atoms with Crippen molar-refractivity contribution in [2.24, 2.45) is 11.3 Å². The maximum Gasteiger partial charge on any atom is 0.244 e. The number of carbonyl (C=O) groups is 1. The van der Waals surface area contributed by atoms with Crippen molar-refractivity contribution in [1.29, 1.82) is 5.26 Å². The van der Waals surface area contributed by atoms with E-state index in [4.69, 9.17) is 5.26 Å². The average molecular weight is 311 g/mol. The van der Waals surface area contributed by atoms with E-state index in [1.54, 1.807) is 0 Å². The highest BCUT2D eigenvalue weighted by Gasteiger charge is 2.49. The highest BCUT2D eigenvalue weighted by atomic mass is 79.9. The smallest absolute Gasteiger partial charge is 0.244 e. The van der Waals surface area contributed by atoms with Crippen molar-refractivity contribution in [3.8, 4) is 6.07 Å². The highest BCUT2D eigenvalue weighted by molar-refractivity contribution is 9.10. The lowest BCUT2D eigenvalue weighted by molar-refractivity contribution is -0.128. The topological polar surface area (TPSA) is 52.9 Å². The molecular weight excluding hydrogens is 299 g/mol. The van der Waals surface area contributed by atoms with Crippen LogP contribution in [0.15, 0.2) is 22.7 Å². The Morgan fingerprint density at radius 1 is 1.61 bits per heavy atom. The quantitative estimate of drug-likeness (QED) is 0.909. The number of halogens is 2. The van der Waals surface area contributed by atoms with Gasteiger partial charge in [-0.3, -0.25) is 4.79 Å². The molecule has 1 amide bonds. The number of nitrogens with zero attached hydrogens (tertiary/aromatic N) is 1. The third-order valence-corrected chi connectivity index (χ3v) is 3.88. The SMILES string of the molecule is CC1CC(C#N)(C(=O)Nc2ccc(F)cc2Br)C1. The Morgan fingerprint density at radius 2 is 2.28 bits per heavy atom. The largest absolute Gasteiger partial charge is 0.324 e. The molecule has 2 rings (SSSR count). The highest BCUT2D eigenvalue weighted by Crippen LogP contribution is 2.45. The zero-order chi connectivity index (χ0) is 13.3. The number of amides is 1. The molecule has 1 fully saturated rings. The van der Waals surface area contributed by atoms with Crippen LogP contribution in [0.3, 0.4) is 0 Å². The third kappa shape index (κ3) is 2.25. The molecule has 5 heteroatoms. The minimum absolute atomic E-state index is 0.310. The molecule has 1 aromatic rings. The summed E-state index contributed by atoms with van der Waals surface area (Å²) in [6.07, 6.45) is 1.16. The van der Waals surface area contributed by atoms with E-state index in [-0.39, 0.29) is 11.7 Å². The van der Waals surface area contributed by atoms with Crippen LogP contribution in [0.4, 0.5) is 10.1 Å². The van der Waals surface area contributed by atoms with E-state index in [1.807, 2.05) is 6.92 Å². The van der Waals surface area contributed by atoms with Gasteiger partial charge >= 0.3 is 0 Å². The Labute approximate surface area is 113 Å². The molecule has 1 N–H and O–H groups in total. The minimum Gasteiger partial charge on any atom is -0.324 e. The van der Waals surface area contributed by atoms with E-state index in [2.05, 4.69) is 27.3 Å². The fourth-order valence-corrected chi connectivity index (χ4v) is 2.74. The van der Waals surface area contributed by atoms with Gasteiger partial charge < -0.3 is 5.32 Å². The van der Waals surface area contributed by atoms with Crippen molar-refractivity contribution in [1.82, 2.24) is 0 Å². The van der Waals surface area contributed by atoms with Crippen LogP contribution in [-0.2, 0) is 4.79 Å². The van der Waals surface area contributed by atoms with Crippen LogP contribution in [0.2, 0.25) is 0 Å². The van der Waals surface area contributed by atoms with Gasteiger partial charge in [0.05, 0.1) is 11.8 Å². The van der Waals surface area contributed by atoms with Crippen molar-refractivity contribution in [2.45, 2.75) is 19.8 Å². The lowest BCUT2D eigenvalue weighted by Crippen LogP contribution is -2.45. The Kier molecular flexibility index (Phi) is 3.40. The molecule has 18 heavy (non-hydrogen) atoms. The second-order valence-corrected chi connectivity index (χ2v) is 5.64. The summed E-state index contributed by atoms with van der Waals surface area (Å²) in [5.74, 6) is -0.297. The van der Waals surface area contributed by atoms with Crippen LogP contribution in [0, 0.1) is 28.5 Å². The Morgan fingerprint density at radius 3 is 2.78 bits per heavy atom. The summed E-state index contributed by atoms with van der Waals surface area (Å²) in [4.78, 5) is 12.1. The summed E-state index contributed by atoms with van der Waals surface area (Å²) >= 11 is 3.18. The Hall–Kier alpha value is -1.41. The van der Waals surface area contributed by atoms with Crippen molar-refractivity contribution >= 4 is 27.5 Å². The number of rotatable bonds is 2. The first-order chi connectivity index (χ1) is 8.47. The molecule has 0 saturated heterocycles. The van der Waals surface area contributed by atoms with Gasteiger partial charge in [0, 0.05) is 4.47 Å². The molecule has 1 aliphatic carbocycles. The lowest BCUT2D eigenvalue weighted by Gasteiger charge is -2.39. The molecule has 1 saturated carbocycles. The summed E-state index contributed by atoms with van der Waals surface area (Å²) < 4.78 is 13.4. The van der Waals surface area contributed by atoms with E-state index in [0.717, 1.165) is 0 Å². The van der Waals surface area contributed by atoms with Gasteiger partial charge in [0.1, 0.15) is 11.2 Å². The predicted molar refractivity (Wildman–Crippen MR) is 69.2 cm³/mol. The Balaban J connectivity index is 2.15. The molecule has 0 heterocycles. The third-order valence-electron chi connectivity index (χ3n) is 3.22. The summed E-state index contributed by atoms with van der Waals surface area (Å²) in [6.45, 7) is 2.01. The molecule has 0 spiro atoms. The van der Waals surface area contributed by atoms with Gasteiger partial charge in [-0.25, -0.2) is 4.39 Å². The number of hydrogen-bond acceptors (Lipinski definition) is 2. The van der Waals surface area contributed by atoms with Gasteiger partial charge in [0.25, 0.3) is 0 Å². The Bertz CT molecular complexity index is 532. The molecule has 0 aromatic heterocycles. The van der Waals surface area contributed by atoms with Crippen LogP contribution in [0.5, 0.6) is 0 Å². The molecule has 0 radical (unpaired) electrons. The molecule has 3 nitrogen and oxygen atoms in total. The van der Waals surface area contributed by atoms with E-state index in [0.29, 0.717) is 28.9 Å². The van der Waals surface area contributed by atoms with Crippen molar-refractivity contribution in [3.63, 3.8) is 0 Å². The van der Waals surface area contributed by atoms with Crippen LogP contribution in [0.25, 0.3) is 0 Å². The maximum absolute atomic E-state index is 12.9. The van der Waals surface area contributed by atoms with Gasteiger partial charge in [-0.2, -0.15) is 5.26 Å². The molecule has 94 valence electrons. The molecule has 1 aromatic carbocycles. The molecule has 0 atom stereocenters. The van der Waals surface area contributed by atoms with Crippen molar-refractivity contribution in [2.75, 3.05) is 5.32 Å². The van der Waals surface area contributed by atoms with Gasteiger partial charge in [-0.15, -0.1) is 0 Å². The van der Waals surface area contributed by atoms with E-state index in [9.17, 15) is 9.18 Å². The zero-order valence-electron chi connectivity index (χ0n) is 9.84. The predicted octanol–water partition coefficient (Wildman–Crippen LogP) is 3.47. The van der Waals surface area contributed by atoms with Crippen molar-refractivity contribution < 1.29 is 9.18 Å². The molecule has 0 unspecified atom stereocenters. The monoisotopic (exact) mass is 310 g/mol. The summed E-state index contributed by atoms with van der Waals surface area (Å²) in [6, 6.07) is 6.11. The lowest BCUT2D eigenvalue weighted by atomic mass is 9.63. The van der Waals surface area contributed by atoms with Crippen LogP contribution < -0.4 is 5.32 Å². The molecule has 0 bridgehead atoms. The number of nitriles is 1. The summed E-state index contributed by atoms with van der Waals surface area (Å²) in [7, 11) is 0. The minimum atomic E-state index is -0.923. The van der Waals surface area contributed by atoms with Crippen LogP contribution in [-0.4, -0.2) is 5.91 Å². The normalized spacial score (nSPS) is 26.0. The standard InChI is InChI=1S/C13H12BrFN2O/c1-8-5-13(6-8,7-16)12(18)17-11-3-2-9(15)4-10(11)14/h2-4,8H,5-6H2,1H3,(H,17,18). The number of hydrogen-bond donors (Lipinski definition) is 1. The number of benzene rings is 1. The molecule has 0 aliphatic heterocycles. The second-order valence-electron chi connectivity index (χ2n) is 4.79. The van der Waals surface area contributed by atoms with Crippen LogP contribution >= 0.6 is 15.9 Å². The molecular formula is C13H12BrFN2O. The number of anilines is 1. The van der Waals surface area contributed by atoms with E-state index < -0.39 is 5.41 Å². The first kappa shape index (κ1) is 13.0. The summed E-state index contributed by atoms with van der Waals surface area (Å²) in [5, 5.41) is 11.8. The first-order valence-electron chi connectivity index (χ1n) is 5.64. The molecule has 1 aliphatic rings. The van der Waals surface area contributed by atoms with Crippen molar-refractivity contribution in [3.05, 3.63) is 28.5 Å². The number of nitrogens with one attached hydrogen (secondary N) is 1. The first-order valence-corrected chi connectivity index (χ1v) is 6.44. The fourth-order valence-electron chi connectivity index (χ4n) is 2.29. The number of carbonyl (C=O) groups excluding carboxylic acids is 1. The maximum atomic E-state index is 12.9.